The molecule has 5 aromatic rings. The molecule has 8 rings (SSSR count). The Labute approximate surface area is 343 Å². The van der Waals surface area contributed by atoms with Gasteiger partial charge in [-0.25, -0.2) is 17.6 Å². The molecule has 0 radical (unpaired) electrons. The zero-order valence-electron chi connectivity index (χ0n) is 33.2. The van der Waals surface area contributed by atoms with Crippen LogP contribution in [0.3, 0.4) is 0 Å². The Morgan fingerprint density at radius 3 is 2.43 bits per heavy atom. The maximum atomic E-state index is 16.6. The van der Waals surface area contributed by atoms with Crippen molar-refractivity contribution in [3.63, 3.8) is 0 Å². The Morgan fingerprint density at radius 1 is 0.917 bits per heavy atom. The molecule has 3 aliphatic rings. The summed E-state index contributed by atoms with van der Waals surface area (Å²) in [7, 11) is 3.10. The molecule has 12 nitrogen and oxygen atoms in total. The molecule has 1 unspecified atom stereocenters. The monoisotopic (exact) mass is 824 g/mol. The van der Waals surface area contributed by atoms with Gasteiger partial charge in [0.05, 0.1) is 11.2 Å². The van der Waals surface area contributed by atoms with E-state index in [2.05, 4.69) is 20.7 Å². The predicted molar refractivity (Wildman–Crippen MR) is 218 cm³/mol. The van der Waals surface area contributed by atoms with Crippen molar-refractivity contribution < 1.29 is 36.7 Å². The first-order valence-corrected chi connectivity index (χ1v) is 20.0. The number of hydrogen-bond donors (Lipinski definition) is 3. The van der Waals surface area contributed by atoms with Gasteiger partial charge in [-0.05, 0) is 84.7 Å². The molecule has 60 heavy (non-hydrogen) atoms. The highest BCUT2D eigenvalue weighted by molar-refractivity contribution is 6.05. The molecule has 3 aliphatic heterocycles. The number of aromatic amines is 1. The Balaban J connectivity index is 1.03. The summed E-state index contributed by atoms with van der Waals surface area (Å²) >= 11 is 0. The lowest BCUT2D eigenvalue weighted by atomic mass is 9.88. The van der Waals surface area contributed by atoms with Crippen LogP contribution < -0.4 is 15.5 Å². The van der Waals surface area contributed by atoms with Crippen molar-refractivity contribution in [3.8, 4) is 11.1 Å². The maximum Gasteiger partial charge on any atom is 0.269 e. The smallest absolute Gasteiger partial charge is 0.269 e. The highest BCUT2D eigenvalue weighted by atomic mass is 19.1. The molecule has 0 spiro atoms. The molecule has 2 saturated heterocycles. The quantitative estimate of drug-likeness (QED) is 0.107. The summed E-state index contributed by atoms with van der Waals surface area (Å²) in [6.07, 6.45) is 7.31. The van der Waals surface area contributed by atoms with Crippen LogP contribution in [-0.4, -0.2) is 94.5 Å². The SMILES string of the molecule is CN(C)C(=O)c1cc2c(-c3cc(F)c(N4CCC(c5ccc(NC6CCC(=O)NC6=O)cc5F)CC4)cc3F)cc(C3=CCCN(C(=O)CCn4cccn4)C3)c(F)c2[nH]1. The van der Waals surface area contributed by atoms with Gasteiger partial charge in [-0.3, -0.25) is 29.2 Å². The van der Waals surface area contributed by atoms with E-state index in [9.17, 15) is 19.2 Å². The fourth-order valence-electron chi connectivity index (χ4n) is 8.42. The van der Waals surface area contributed by atoms with Gasteiger partial charge in [0.25, 0.3) is 5.91 Å². The van der Waals surface area contributed by atoms with Crippen LogP contribution >= 0.6 is 0 Å². The average molecular weight is 825 g/mol. The number of benzene rings is 3. The molecule has 2 aromatic heterocycles. The number of carbonyl (C=O) groups is 4. The lowest BCUT2D eigenvalue weighted by Crippen LogP contribution is -2.47. The highest BCUT2D eigenvalue weighted by Gasteiger charge is 2.30. The Kier molecular flexibility index (Phi) is 11.2. The van der Waals surface area contributed by atoms with Gasteiger partial charge in [0, 0.05) is 100 Å². The molecular weight excluding hydrogens is 781 g/mol. The Morgan fingerprint density at radius 2 is 1.72 bits per heavy atom. The van der Waals surface area contributed by atoms with Crippen LogP contribution in [0.25, 0.3) is 27.6 Å². The number of nitrogens with one attached hydrogen (secondary N) is 3. The number of nitrogens with zero attached hydrogens (tertiary/aromatic N) is 5. The number of aryl methyl sites for hydroxylation is 1. The van der Waals surface area contributed by atoms with Crippen LogP contribution in [0, 0.1) is 23.3 Å². The van der Waals surface area contributed by atoms with E-state index in [1.54, 1.807) is 59.2 Å². The lowest BCUT2D eigenvalue weighted by molar-refractivity contribution is -0.134. The van der Waals surface area contributed by atoms with Crippen LogP contribution in [0.2, 0.25) is 0 Å². The molecule has 2 fully saturated rings. The van der Waals surface area contributed by atoms with E-state index in [4.69, 9.17) is 0 Å². The van der Waals surface area contributed by atoms with Gasteiger partial charge in [-0.1, -0.05) is 12.1 Å². The fourth-order valence-corrected chi connectivity index (χ4v) is 8.42. The first kappa shape index (κ1) is 40.3. The standard InChI is InChI=1S/C44H44F4N8O4/c1-53(2)44(60)37-22-32-30(20-29(41(48)42(32)51-37)26-5-3-14-55(24-26)40(58)12-18-56-15-4-13-49-56)31-21-35(47)38(23-34(31)46)54-16-10-25(11-17-54)28-7-6-27(19-33(28)45)50-36-8-9-39(57)52-43(36)59/h4-7,13,15,19-23,25,36,50-51H,3,8-12,14,16-18,24H2,1-2H3,(H,52,57,59). The van der Waals surface area contributed by atoms with E-state index < -0.39 is 41.1 Å². The summed E-state index contributed by atoms with van der Waals surface area (Å²) in [4.78, 5) is 57.5. The van der Waals surface area contributed by atoms with Crippen LogP contribution in [0.4, 0.5) is 28.9 Å². The van der Waals surface area contributed by atoms with Gasteiger partial charge >= 0.3 is 0 Å². The molecule has 3 aromatic carbocycles. The lowest BCUT2D eigenvalue weighted by Gasteiger charge is -2.34. The average Bonchev–Trinajstić information content (AvgIpc) is 3.94. The minimum atomic E-state index is -0.757. The second-order valence-electron chi connectivity index (χ2n) is 15.7. The molecule has 0 aliphatic carbocycles. The van der Waals surface area contributed by atoms with Crippen LogP contribution in [-0.2, 0) is 20.9 Å². The molecule has 1 atom stereocenters. The van der Waals surface area contributed by atoms with Gasteiger partial charge in [-0.2, -0.15) is 5.10 Å². The summed E-state index contributed by atoms with van der Waals surface area (Å²) in [5, 5.41) is 9.60. The van der Waals surface area contributed by atoms with E-state index in [1.807, 2.05) is 6.08 Å². The molecular formula is C44H44F4N8O4. The summed E-state index contributed by atoms with van der Waals surface area (Å²) in [6, 6.07) is 10.9. The van der Waals surface area contributed by atoms with Crippen molar-refractivity contribution in [1.82, 2.24) is 29.9 Å². The number of halogens is 4. The number of amides is 4. The van der Waals surface area contributed by atoms with Crippen molar-refractivity contribution in [1.29, 1.82) is 0 Å². The van der Waals surface area contributed by atoms with Crippen molar-refractivity contribution in [2.24, 2.45) is 0 Å². The van der Waals surface area contributed by atoms with E-state index in [-0.39, 0.29) is 76.1 Å². The van der Waals surface area contributed by atoms with Crippen LogP contribution in [0.15, 0.2) is 67.0 Å². The van der Waals surface area contributed by atoms with Gasteiger partial charge in [0.2, 0.25) is 17.7 Å². The van der Waals surface area contributed by atoms with E-state index >= 15 is 17.6 Å². The number of anilines is 2. The molecule has 5 heterocycles. The van der Waals surface area contributed by atoms with Crippen molar-refractivity contribution in [2.75, 3.05) is 50.5 Å². The summed E-state index contributed by atoms with van der Waals surface area (Å²) < 4.78 is 66.3. The van der Waals surface area contributed by atoms with Gasteiger partial charge in [0.15, 0.2) is 5.82 Å². The molecule has 16 heteroatoms. The number of aromatic nitrogens is 3. The van der Waals surface area contributed by atoms with Gasteiger partial charge in [0.1, 0.15) is 29.2 Å². The Bertz CT molecular complexity index is 2530. The number of carbonyl (C=O) groups excluding carboxylic acids is 4. The maximum absolute atomic E-state index is 16.6. The van der Waals surface area contributed by atoms with Gasteiger partial charge < -0.3 is 25.0 Å². The largest absolute Gasteiger partial charge is 0.374 e. The highest BCUT2D eigenvalue weighted by Crippen LogP contribution is 2.41. The summed E-state index contributed by atoms with van der Waals surface area (Å²) in [5.74, 6) is -4.15. The number of rotatable bonds is 10. The topological polar surface area (TPSA) is 136 Å². The zero-order chi connectivity index (χ0) is 42.2. The molecule has 0 saturated carbocycles. The third kappa shape index (κ3) is 8.10. The van der Waals surface area contributed by atoms with Crippen LogP contribution in [0.1, 0.15) is 66.1 Å². The second kappa shape index (κ2) is 16.7. The minimum Gasteiger partial charge on any atom is -0.374 e. The van der Waals surface area contributed by atoms with Crippen LogP contribution in [0.5, 0.6) is 0 Å². The first-order chi connectivity index (χ1) is 28.8. The Hall–Kier alpha value is -6.45. The zero-order valence-corrected chi connectivity index (χ0v) is 33.2. The number of piperidine rings is 2. The first-order valence-electron chi connectivity index (χ1n) is 20.0. The normalized spacial score (nSPS) is 17.5. The van der Waals surface area contributed by atoms with Crippen molar-refractivity contribution in [2.45, 2.75) is 57.0 Å². The van der Waals surface area contributed by atoms with E-state index in [0.29, 0.717) is 68.7 Å². The molecule has 0 bridgehead atoms. The number of hydrogen-bond acceptors (Lipinski definition) is 7. The van der Waals surface area contributed by atoms with Gasteiger partial charge in [-0.15, -0.1) is 0 Å². The van der Waals surface area contributed by atoms with Crippen molar-refractivity contribution >= 4 is 51.5 Å². The minimum absolute atomic E-state index is 0.0364. The number of fused-ring (bicyclic) bond motifs is 1. The molecule has 3 N–H and O–H groups in total. The van der Waals surface area contributed by atoms with Crippen molar-refractivity contribution in [3.05, 3.63) is 107 Å². The van der Waals surface area contributed by atoms with E-state index in [0.717, 1.165) is 12.1 Å². The third-order valence-corrected chi connectivity index (χ3v) is 11.6. The third-order valence-electron chi connectivity index (χ3n) is 11.6. The predicted octanol–water partition coefficient (Wildman–Crippen LogP) is 6.60. The second-order valence-corrected chi connectivity index (χ2v) is 15.7. The summed E-state index contributed by atoms with van der Waals surface area (Å²) in [5.41, 5.74) is 1.60. The number of H-pyrrole nitrogens is 1. The summed E-state index contributed by atoms with van der Waals surface area (Å²) in [6.45, 7) is 1.56. The fraction of sp³-hybridized carbons (Fsp3) is 0.341. The number of imide groups is 1. The molecule has 4 amide bonds. The molecule has 312 valence electrons. The van der Waals surface area contributed by atoms with E-state index in [1.165, 1.54) is 23.1 Å².